The monoisotopic (exact) mass is 344 g/mol. The largest absolute Gasteiger partial charge is 0.464 e. The van der Waals surface area contributed by atoms with Crippen LogP contribution in [0.15, 0.2) is 23.1 Å². The maximum atomic E-state index is 12.4. The quantitative estimate of drug-likeness (QED) is 0.705. The number of hydrogen-bond acceptors (Lipinski definition) is 6. The Labute approximate surface area is 137 Å². The predicted octanol–water partition coefficient (Wildman–Crippen LogP) is 0.652. The Balaban J connectivity index is 2.99. The van der Waals surface area contributed by atoms with E-state index < -0.39 is 28.1 Å². The summed E-state index contributed by atoms with van der Waals surface area (Å²) in [6.45, 7) is 5.00. The summed E-state index contributed by atoms with van der Waals surface area (Å²) < 4.78 is 31.8. The van der Waals surface area contributed by atoms with Crippen LogP contribution in [0.1, 0.15) is 19.4 Å². The fraction of sp³-hybridized carbons (Fsp3) is 0.533. The highest BCUT2D eigenvalue weighted by atomic mass is 32.2. The molecule has 0 aliphatic heterocycles. The van der Waals surface area contributed by atoms with Gasteiger partial charge in [-0.25, -0.2) is 17.9 Å². The van der Waals surface area contributed by atoms with E-state index in [9.17, 15) is 18.3 Å². The van der Waals surface area contributed by atoms with Crippen LogP contribution in [0.3, 0.4) is 0 Å². The van der Waals surface area contributed by atoms with Crippen LogP contribution in [0.5, 0.6) is 0 Å². The summed E-state index contributed by atoms with van der Waals surface area (Å²) in [6.07, 6.45) is -1.57. The van der Waals surface area contributed by atoms with E-state index in [4.69, 9.17) is 0 Å². The highest BCUT2D eigenvalue weighted by molar-refractivity contribution is 7.89. The van der Waals surface area contributed by atoms with Crippen molar-refractivity contribution in [3.63, 3.8) is 0 Å². The highest BCUT2D eigenvalue weighted by Gasteiger charge is 2.28. The molecule has 0 saturated carbocycles. The van der Waals surface area contributed by atoms with Crippen molar-refractivity contribution in [3.05, 3.63) is 23.8 Å². The molecule has 0 radical (unpaired) electrons. The topological polar surface area (TPSA) is 95.9 Å². The number of esters is 1. The SMILES string of the molecule is CCOC(=O)C(O)C(C)NS(=O)(=O)c1ccc(C)c(N(C)C)c1. The molecule has 2 unspecified atom stereocenters. The van der Waals surface area contributed by atoms with Gasteiger partial charge in [-0.2, -0.15) is 0 Å². The van der Waals surface area contributed by atoms with Gasteiger partial charge in [0.15, 0.2) is 6.10 Å². The van der Waals surface area contributed by atoms with E-state index >= 15 is 0 Å². The van der Waals surface area contributed by atoms with Crippen molar-refractivity contribution in [2.45, 2.75) is 37.8 Å². The number of aliphatic hydroxyl groups is 1. The lowest BCUT2D eigenvalue weighted by Crippen LogP contribution is -2.45. The van der Waals surface area contributed by atoms with Crippen molar-refractivity contribution in [1.29, 1.82) is 0 Å². The van der Waals surface area contributed by atoms with Gasteiger partial charge in [-0.05, 0) is 38.5 Å². The number of carbonyl (C=O) groups is 1. The van der Waals surface area contributed by atoms with Crippen molar-refractivity contribution < 1.29 is 23.1 Å². The Morgan fingerprint density at radius 1 is 1.39 bits per heavy atom. The van der Waals surface area contributed by atoms with Crippen LogP contribution >= 0.6 is 0 Å². The lowest BCUT2D eigenvalue weighted by molar-refractivity contribution is -0.154. The summed E-state index contributed by atoms with van der Waals surface area (Å²) in [6, 6.07) is 3.72. The minimum atomic E-state index is -3.87. The van der Waals surface area contributed by atoms with Crippen LogP contribution in [0, 0.1) is 6.92 Å². The molecule has 2 N–H and O–H groups in total. The van der Waals surface area contributed by atoms with Gasteiger partial charge < -0.3 is 14.7 Å². The van der Waals surface area contributed by atoms with Crippen LogP contribution in [0.2, 0.25) is 0 Å². The van der Waals surface area contributed by atoms with Crippen LogP contribution in [-0.4, -0.2) is 52.3 Å². The van der Waals surface area contributed by atoms with Crippen molar-refractivity contribution >= 4 is 21.7 Å². The molecule has 0 bridgehead atoms. The molecule has 0 aliphatic carbocycles. The van der Waals surface area contributed by atoms with Crippen LogP contribution < -0.4 is 9.62 Å². The van der Waals surface area contributed by atoms with E-state index in [1.165, 1.54) is 13.0 Å². The molecule has 1 aromatic carbocycles. The third-order valence-corrected chi connectivity index (χ3v) is 4.87. The number of aliphatic hydroxyl groups excluding tert-OH is 1. The Hall–Kier alpha value is -1.64. The molecule has 0 amide bonds. The highest BCUT2D eigenvalue weighted by Crippen LogP contribution is 2.22. The lowest BCUT2D eigenvalue weighted by atomic mass is 10.2. The first-order valence-electron chi connectivity index (χ1n) is 7.25. The van der Waals surface area contributed by atoms with Gasteiger partial charge in [0.2, 0.25) is 10.0 Å². The number of carbonyl (C=O) groups excluding carboxylic acids is 1. The van der Waals surface area contributed by atoms with Crippen LogP contribution in [0.4, 0.5) is 5.69 Å². The van der Waals surface area contributed by atoms with Gasteiger partial charge in [0.1, 0.15) is 0 Å². The maximum Gasteiger partial charge on any atom is 0.336 e. The molecular formula is C15H24N2O5S. The number of sulfonamides is 1. The van der Waals surface area contributed by atoms with Gasteiger partial charge in [-0.1, -0.05) is 6.07 Å². The number of ether oxygens (including phenoxy) is 1. The van der Waals surface area contributed by atoms with E-state index in [2.05, 4.69) is 9.46 Å². The average molecular weight is 344 g/mol. The molecule has 0 fully saturated rings. The zero-order chi connectivity index (χ0) is 17.8. The normalized spacial score (nSPS) is 14.2. The number of benzene rings is 1. The summed E-state index contributed by atoms with van der Waals surface area (Å²) in [5.41, 5.74) is 1.71. The minimum Gasteiger partial charge on any atom is -0.464 e. The number of aryl methyl sites for hydroxylation is 1. The van der Waals surface area contributed by atoms with Gasteiger partial charge in [0.05, 0.1) is 17.5 Å². The van der Waals surface area contributed by atoms with Gasteiger partial charge in [-0.15, -0.1) is 0 Å². The first kappa shape index (κ1) is 19.4. The summed E-state index contributed by atoms with van der Waals surface area (Å²) >= 11 is 0. The molecule has 0 aliphatic rings. The Kier molecular flexibility index (Phi) is 6.55. The second kappa shape index (κ2) is 7.76. The van der Waals surface area contributed by atoms with Crippen LogP contribution in [-0.2, 0) is 19.6 Å². The minimum absolute atomic E-state index is 0.0645. The Morgan fingerprint density at radius 2 is 2.00 bits per heavy atom. The van der Waals surface area contributed by atoms with Crippen molar-refractivity contribution in [1.82, 2.24) is 4.72 Å². The predicted molar refractivity (Wildman–Crippen MR) is 87.9 cm³/mol. The molecule has 8 heteroatoms. The van der Waals surface area contributed by atoms with E-state index in [0.29, 0.717) is 0 Å². The first-order valence-corrected chi connectivity index (χ1v) is 8.73. The standard InChI is InChI=1S/C15H24N2O5S/c1-6-22-15(19)14(18)11(3)16-23(20,21)12-8-7-10(2)13(9-12)17(4)5/h7-9,11,14,16,18H,6H2,1-5H3. The van der Waals surface area contributed by atoms with E-state index in [1.54, 1.807) is 19.1 Å². The number of nitrogens with zero attached hydrogens (tertiary/aromatic N) is 1. The fourth-order valence-electron chi connectivity index (χ4n) is 2.05. The third-order valence-electron chi connectivity index (χ3n) is 3.32. The number of hydrogen-bond donors (Lipinski definition) is 2. The fourth-order valence-corrected chi connectivity index (χ4v) is 3.32. The smallest absolute Gasteiger partial charge is 0.336 e. The Bertz CT molecular complexity index is 658. The molecule has 7 nitrogen and oxygen atoms in total. The molecule has 130 valence electrons. The number of nitrogens with one attached hydrogen (secondary N) is 1. The Morgan fingerprint density at radius 3 is 2.52 bits per heavy atom. The maximum absolute atomic E-state index is 12.4. The summed E-state index contributed by atoms with van der Waals surface area (Å²) in [5.74, 6) is -0.861. The summed E-state index contributed by atoms with van der Waals surface area (Å²) in [5, 5.41) is 9.80. The van der Waals surface area contributed by atoms with Crippen LogP contribution in [0.25, 0.3) is 0 Å². The van der Waals surface area contributed by atoms with Gasteiger partial charge in [0.25, 0.3) is 0 Å². The molecule has 1 aromatic rings. The molecule has 2 atom stereocenters. The zero-order valence-corrected chi connectivity index (χ0v) is 14.8. The average Bonchev–Trinajstić information content (AvgIpc) is 2.46. The van der Waals surface area contributed by atoms with E-state index in [-0.39, 0.29) is 11.5 Å². The molecule has 0 saturated heterocycles. The first-order chi connectivity index (χ1) is 10.6. The van der Waals surface area contributed by atoms with E-state index in [0.717, 1.165) is 11.3 Å². The summed E-state index contributed by atoms with van der Waals surface area (Å²) in [4.78, 5) is 13.4. The van der Waals surface area contributed by atoms with E-state index in [1.807, 2.05) is 25.9 Å². The van der Waals surface area contributed by atoms with Gasteiger partial charge in [-0.3, -0.25) is 0 Å². The third kappa shape index (κ3) is 4.92. The van der Waals surface area contributed by atoms with Crippen molar-refractivity contribution in [3.8, 4) is 0 Å². The summed E-state index contributed by atoms with van der Waals surface area (Å²) in [7, 11) is -0.233. The second-order valence-corrected chi connectivity index (χ2v) is 7.16. The number of anilines is 1. The molecular weight excluding hydrogens is 320 g/mol. The molecule has 0 heterocycles. The molecule has 0 spiro atoms. The van der Waals surface area contributed by atoms with Gasteiger partial charge in [0, 0.05) is 19.8 Å². The zero-order valence-electron chi connectivity index (χ0n) is 14.0. The molecule has 23 heavy (non-hydrogen) atoms. The molecule has 1 rings (SSSR count). The molecule has 0 aromatic heterocycles. The second-order valence-electron chi connectivity index (χ2n) is 5.45. The number of rotatable bonds is 7. The van der Waals surface area contributed by atoms with Gasteiger partial charge >= 0.3 is 5.97 Å². The van der Waals surface area contributed by atoms with Crippen molar-refractivity contribution in [2.24, 2.45) is 0 Å². The van der Waals surface area contributed by atoms with Crippen molar-refractivity contribution in [2.75, 3.05) is 25.6 Å². The lowest BCUT2D eigenvalue weighted by Gasteiger charge is -2.20.